The summed E-state index contributed by atoms with van der Waals surface area (Å²) in [6.45, 7) is 15.6. The fourth-order valence-electron chi connectivity index (χ4n) is 4.69. The highest BCUT2D eigenvalue weighted by Gasteiger charge is 2.21. The Morgan fingerprint density at radius 3 is 2.27 bits per heavy atom. The third-order valence-corrected chi connectivity index (χ3v) is 6.09. The van der Waals surface area contributed by atoms with Crippen molar-refractivity contribution in [2.45, 2.75) is 54.9 Å². The van der Waals surface area contributed by atoms with E-state index in [-0.39, 0.29) is 5.41 Å². The smallest absolute Gasteiger partial charge is 0.220 e. The number of rotatable bonds is 2. The van der Waals surface area contributed by atoms with E-state index in [0.29, 0.717) is 0 Å². The second-order valence-electron chi connectivity index (χ2n) is 10.1. The number of aromatic nitrogens is 2. The second-order valence-corrected chi connectivity index (χ2v) is 10.1. The van der Waals surface area contributed by atoms with Crippen LogP contribution in [0, 0.1) is 33.1 Å². The van der Waals surface area contributed by atoms with Gasteiger partial charge in [0.15, 0.2) is 6.20 Å². The Balaban J connectivity index is 2.09. The number of aryl methyl sites for hydroxylation is 4. The van der Waals surface area contributed by atoms with Gasteiger partial charge in [-0.2, -0.15) is 0 Å². The predicted octanol–water partition coefficient (Wildman–Crippen LogP) is 6.70. The van der Waals surface area contributed by atoms with E-state index in [1.54, 1.807) is 0 Å². The molecule has 0 aliphatic carbocycles. The number of hydrogen-bond donors (Lipinski definition) is 0. The van der Waals surface area contributed by atoms with Gasteiger partial charge in [0.25, 0.3) is 0 Å². The molecule has 0 amide bonds. The summed E-state index contributed by atoms with van der Waals surface area (Å²) in [5, 5.41) is 3.78. The monoisotopic (exact) mass is 397 g/mol. The van der Waals surface area contributed by atoms with E-state index in [1.165, 1.54) is 49.7 Å². The molecule has 2 nitrogen and oxygen atoms in total. The minimum Gasteiger partial charge on any atom is -0.252 e. The standard InChI is InChI=1S/C28H33N2/c1-17-13-18(2)20(4)25(14-17)27-24-10-9-22-21(16-28(5,6)7)15-19(3)29-26(22)23(24)11-12-30(27)8/h9-15H,16H2,1-8H3/q+1. The van der Waals surface area contributed by atoms with E-state index in [9.17, 15) is 0 Å². The summed E-state index contributed by atoms with van der Waals surface area (Å²) in [5.41, 5.74) is 10.4. The molecule has 0 saturated heterocycles. The van der Waals surface area contributed by atoms with Crippen molar-refractivity contribution in [1.29, 1.82) is 0 Å². The quantitative estimate of drug-likeness (QED) is 0.271. The maximum atomic E-state index is 5.01. The molecule has 4 aromatic rings. The number of nitrogens with zero attached hydrogens (tertiary/aromatic N) is 2. The van der Waals surface area contributed by atoms with Crippen molar-refractivity contribution in [3.05, 3.63) is 70.5 Å². The Hall–Kier alpha value is -2.74. The Morgan fingerprint density at radius 1 is 0.867 bits per heavy atom. The lowest BCUT2D eigenvalue weighted by Crippen LogP contribution is -2.31. The first-order valence-electron chi connectivity index (χ1n) is 10.8. The van der Waals surface area contributed by atoms with Gasteiger partial charge in [0.2, 0.25) is 5.69 Å². The van der Waals surface area contributed by atoms with Crippen LogP contribution in [0.3, 0.4) is 0 Å². The first-order valence-corrected chi connectivity index (χ1v) is 10.8. The first kappa shape index (κ1) is 20.5. The molecule has 4 rings (SSSR count). The van der Waals surface area contributed by atoms with Crippen LogP contribution in [0.5, 0.6) is 0 Å². The van der Waals surface area contributed by atoms with Crippen LogP contribution < -0.4 is 4.57 Å². The Labute approximate surface area is 180 Å². The van der Waals surface area contributed by atoms with Gasteiger partial charge in [-0.05, 0) is 74.4 Å². The molecule has 0 atom stereocenters. The summed E-state index contributed by atoms with van der Waals surface area (Å²) in [6.07, 6.45) is 3.23. The fraction of sp³-hybridized carbons (Fsp3) is 0.357. The average Bonchev–Trinajstić information content (AvgIpc) is 2.63. The van der Waals surface area contributed by atoms with Crippen LogP contribution in [0.4, 0.5) is 0 Å². The van der Waals surface area contributed by atoms with Crippen molar-refractivity contribution in [2.75, 3.05) is 0 Å². The molecule has 0 N–H and O–H groups in total. The van der Waals surface area contributed by atoms with Crippen molar-refractivity contribution >= 4 is 21.7 Å². The number of fused-ring (bicyclic) bond motifs is 3. The van der Waals surface area contributed by atoms with Crippen molar-refractivity contribution in [1.82, 2.24) is 4.98 Å². The molecule has 2 aromatic heterocycles. The lowest BCUT2D eigenvalue weighted by molar-refractivity contribution is -0.659. The summed E-state index contributed by atoms with van der Waals surface area (Å²) in [7, 11) is 2.14. The van der Waals surface area contributed by atoms with Crippen molar-refractivity contribution in [2.24, 2.45) is 12.5 Å². The van der Waals surface area contributed by atoms with E-state index in [4.69, 9.17) is 4.98 Å². The molecule has 2 heterocycles. The molecule has 0 saturated carbocycles. The molecule has 0 aliphatic rings. The minimum atomic E-state index is 0.236. The van der Waals surface area contributed by atoms with Crippen LogP contribution in [0.1, 0.15) is 48.7 Å². The molecule has 2 aromatic carbocycles. The van der Waals surface area contributed by atoms with Gasteiger partial charge in [-0.1, -0.05) is 38.5 Å². The third kappa shape index (κ3) is 3.60. The van der Waals surface area contributed by atoms with Gasteiger partial charge in [0.05, 0.1) is 16.5 Å². The molecule has 0 aliphatic heterocycles. The van der Waals surface area contributed by atoms with Crippen LogP contribution in [-0.4, -0.2) is 4.98 Å². The highest BCUT2D eigenvalue weighted by atomic mass is 14.9. The van der Waals surface area contributed by atoms with E-state index in [0.717, 1.165) is 17.6 Å². The zero-order valence-corrected chi connectivity index (χ0v) is 19.6. The van der Waals surface area contributed by atoms with Gasteiger partial charge >= 0.3 is 0 Å². The highest BCUT2D eigenvalue weighted by molar-refractivity contribution is 6.09. The van der Waals surface area contributed by atoms with Crippen LogP contribution in [0.25, 0.3) is 32.9 Å². The normalized spacial score (nSPS) is 12.1. The van der Waals surface area contributed by atoms with Gasteiger partial charge in [-0.25, -0.2) is 4.57 Å². The summed E-state index contributed by atoms with van der Waals surface area (Å²) < 4.78 is 2.25. The molecule has 0 radical (unpaired) electrons. The topological polar surface area (TPSA) is 16.8 Å². The molecular formula is C28H33N2+. The number of hydrogen-bond acceptors (Lipinski definition) is 1. The van der Waals surface area contributed by atoms with Crippen LogP contribution in [0.2, 0.25) is 0 Å². The van der Waals surface area contributed by atoms with E-state index >= 15 is 0 Å². The molecule has 0 bridgehead atoms. The molecular weight excluding hydrogens is 364 g/mol. The lowest BCUT2D eigenvalue weighted by atomic mass is 9.86. The minimum absolute atomic E-state index is 0.236. The van der Waals surface area contributed by atoms with E-state index < -0.39 is 0 Å². The second kappa shape index (κ2) is 7.19. The van der Waals surface area contributed by atoms with E-state index in [2.05, 4.69) is 103 Å². The van der Waals surface area contributed by atoms with Crippen molar-refractivity contribution in [3.8, 4) is 11.3 Å². The molecule has 0 fully saturated rings. The highest BCUT2D eigenvalue weighted by Crippen LogP contribution is 2.35. The van der Waals surface area contributed by atoms with Crippen LogP contribution in [0.15, 0.2) is 42.6 Å². The summed E-state index contributed by atoms with van der Waals surface area (Å²) in [4.78, 5) is 5.01. The van der Waals surface area contributed by atoms with Crippen LogP contribution in [-0.2, 0) is 13.5 Å². The fourth-order valence-corrected chi connectivity index (χ4v) is 4.69. The zero-order valence-electron chi connectivity index (χ0n) is 19.6. The maximum absolute atomic E-state index is 5.01. The molecule has 30 heavy (non-hydrogen) atoms. The van der Waals surface area contributed by atoms with Crippen LogP contribution >= 0.6 is 0 Å². The summed E-state index contributed by atoms with van der Waals surface area (Å²) >= 11 is 0. The summed E-state index contributed by atoms with van der Waals surface area (Å²) in [6, 6.07) is 13.7. The van der Waals surface area contributed by atoms with Gasteiger partial charge in [-0.15, -0.1) is 0 Å². The molecule has 2 heteroatoms. The molecule has 154 valence electrons. The summed E-state index contributed by atoms with van der Waals surface area (Å²) in [5.74, 6) is 0. The Kier molecular flexibility index (Phi) is 4.92. The third-order valence-electron chi connectivity index (χ3n) is 6.09. The van der Waals surface area contributed by atoms with Crippen molar-refractivity contribution in [3.63, 3.8) is 0 Å². The van der Waals surface area contributed by atoms with Gasteiger partial charge in [0.1, 0.15) is 7.05 Å². The maximum Gasteiger partial charge on any atom is 0.220 e. The van der Waals surface area contributed by atoms with Gasteiger partial charge < -0.3 is 0 Å². The Bertz CT molecular complexity index is 1290. The lowest BCUT2D eigenvalue weighted by Gasteiger charge is -2.20. The number of benzene rings is 2. The zero-order chi connectivity index (χ0) is 21.8. The van der Waals surface area contributed by atoms with E-state index in [1.807, 2.05) is 0 Å². The predicted molar refractivity (Wildman–Crippen MR) is 128 cm³/mol. The Morgan fingerprint density at radius 2 is 1.57 bits per heavy atom. The largest absolute Gasteiger partial charge is 0.252 e. The van der Waals surface area contributed by atoms with Gasteiger partial charge in [-0.3, -0.25) is 4.98 Å². The number of pyridine rings is 2. The van der Waals surface area contributed by atoms with Crippen molar-refractivity contribution < 1.29 is 4.57 Å². The average molecular weight is 398 g/mol. The molecule has 0 spiro atoms. The first-order chi connectivity index (χ1) is 14.0. The molecule has 0 unspecified atom stereocenters. The SMILES string of the molecule is Cc1cc(C)c(C)c(-c2c3ccc4c(CC(C)(C)C)cc(C)nc4c3cc[n+]2C)c1. The van der Waals surface area contributed by atoms with Gasteiger partial charge in [0, 0.05) is 22.5 Å².